The monoisotopic (exact) mass is 336 g/mol. The van der Waals surface area contributed by atoms with Crippen LogP contribution in [0, 0.1) is 13.8 Å². The van der Waals surface area contributed by atoms with Crippen molar-refractivity contribution < 1.29 is 23.1 Å². The van der Waals surface area contributed by atoms with Gasteiger partial charge in [0.1, 0.15) is 11.9 Å². The average Bonchev–Trinajstić information content (AvgIpc) is 2.92. The second-order valence-electron chi connectivity index (χ2n) is 6.24. The lowest BCUT2D eigenvalue weighted by molar-refractivity contribution is -0.212. The van der Waals surface area contributed by atoms with Gasteiger partial charge in [-0.15, -0.1) is 0 Å². The van der Waals surface area contributed by atoms with Crippen LogP contribution < -0.4 is 5.32 Å². The highest BCUT2D eigenvalue weighted by molar-refractivity contribution is 5.97. The van der Waals surface area contributed by atoms with Crippen molar-refractivity contribution in [3.63, 3.8) is 0 Å². The molecule has 1 aliphatic carbocycles. The van der Waals surface area contributed by atoms with Crippen molar-refractivity contribution in [2.24, 2.45) is 0 Å². The predicted molar refractivity (Wildman–Crippen MR) is 83.8 cm³/mol. The molecule has 0 aliphatic heterocycles. The van der Waals surface area contributed by atoms with Crippen molar-refractivity contribution in [1.29, 1.82) is 0 Å². The summed E-state index contributed by atoms with van der Waals surface area (Å²) in [6.07, 6.45) is 1.81. The molecular formula is C17H18F2N2O3. The maximum absolute atomic E-state index is 14.1. The summed E-state index contributed by atoms with van der Waals surface area (Å²) in [6, 6.07) is 4.73. The van der Waals surface area contributed by atoms with Gasteiger partial charge in [-0.3, -0.25) is 4.79 Å². The number of aromatic nitrogens is 1. The number of halogens is 2. The van der Waals surface area contributed by atoms with Crippen molar-refractivity contribution in [1.82, 2.24) is 4.98 Å². The number of aliphatic hydroxyl groups is 1. The topological polar surface area (TPSA) is 75.4 Å². The summed E-state index contributed by atoms with van der Waals surface area (Å²) in [7, 11) is 0. The van der Waals surface area contributed by atoms with Gasteiger partial charge in [0.05, 0.1) is 5.69 Å². The number of aryl methyl sites for hydroxylation is 2. The molecule has 1 amide bonds. The molecule has 0 bridgehead atoms. The summed E-state index contributed by atoms with van der Waals surface area (Å²) in [5.74, 6) is -5.00. The molecule has 7 heteroatoms. The quantitative estimate of drug-likeness (QED) is 0.897. The van der Waals surface area contributed by atoms with Gasteiger partial charge >= 0.3 is 5.92 Å². The molecule has 3 rings (SSSR count). The van der Waals surface area contributed by atoms with E-state index in [9.17, 15) is 18.7 Å². The number of hydrogen-bond donors (Lipinski definition) is 2. The Morgan fingerprint density at radius 1 is 1.38 bits per heavy atom. The minimum Gasteiger partial charge on any atom is -0.444 e. The number of nitrogens with one attached hydrogen (secondary N) is 1. The minimum absolute atomic E-state index is 0.0812. The first-order valence-corrected chi connectivity index (χ1v) is 7.68. The number of oxazole rings is 1. The Hall–Kier alpha value is -2.28. The van der Waals surface area contributed by atoms with Crippen LogP contribution in [0.3, 0.4) is 0 Å². The van der Waals surface area contributed by atoms with Crippen molar-refractivity contribution in [2.75, 3.05) is 5.32 Å². The van der Waals surface area contributed by atoms with Crippen LogP contribution in [-0.4, -0.2) is 27.5 Å². The third-order valence-electron chi connectivity index (χ3n) is 4.40. The molecule has 1 aromatic heterocycles. The van der Waals surface area contributed by atoms with Crippen molar-refractivity contribution in [2.45, 2.75) is 44.6 Å². The zero-order valence-corrected chi connectivity index (χ0v) is 13.4. The van der Waals surface area contributed by atoms with Crippen LogP contribution in [0.15, 0.2) is 28.9 Å². The largest absolute Gasteiger partial charge is 0.444 e. The predicted octanol–water partition coefficient (Wildman–Crippen LogP) is 3.45. The van der Waals surface area contributed by atoms with E-state index in [0.717, 1.165) is 5.56 Å². The van der Waals surface area contributed by atoms with Crippen LogP contribution in [0.4, 0.5) is 14.5 Å². The summed E-state index contributed by atoms with van der Waals surface area (Å²) < 4.78 is 33.6. The molecule has 1 aromatic carbocycles. The van der Waals surface area contributed by atoms with Gasteiger partial charge in [-0.1, -0.05) is 6.07 Å². The molecule has 2 N–H and O–H groups in total. The third-order valence-corrected chi connectivity index (χ3v) is 4.40. The maximum atomic E-state index is 14.1. The number of benzene rings is 1. The summed E-state index contributed by atoms with van der Waals surface area (Å²) in [6.45, 7) is 3.60. The number of amides is 1. The lowest BCUT2D eigenvalue weighted by atomic mass is 9.75. The zero-order valence-electron chi connectivity index (χ0n) is 13.4. The number of hydrogen-bond acceptors (Lipinski definition) is 4. The van der Waals surface area contributed by atoms with Gasteiger partial charge in [0.2, 0.25) is 5.89 Å². The molecule has 1 fully saturated rings. The van der Waals surface area contributed by atoms with Crippen molar-refractivity contribution in [3.8, 4) is 11.5 Å². The van der Waals surface area contributed by atoms with E-state index < -0.39 is 17.4 Å². The highest BCUT2D eigenvalue weighted by Crippen LogP contribution is 2.44. The Bertz CT molecular complexity index is 782. The number of alkyl halides is 2. The van der Waals surface area contributed by atoms with Gasteiger partial charge in [0, 0.05) is 11.3 Å². The first-order valence-electron chi connectivity index (χ1n) is 7.68. The molecule has 24 heavy (non-hydrogen) atoms. The molecule has 5 nitrogen and oxygen atoms in total. The van der Waals surface area contributed by atoms with E-state index in [2.05, 4.69) is 10.3 Å². The molecule has 0 spiro atoms. The number of nitrogens with zero attached hydrogens (tertiary/aromatic N) is 1. The Morgan fingerprint density at radius 2 is 2.08 bits per heavy atom. The number of carbonyl (C=O) groups excluding carboxylic acids is 1. The molecule has 1 aliphatic rings. The van der Waals surface area contributed by atoms with Gasteiger partial charge in [0.25, 0.3) is 5.91 Å². The fourth-order valence-corrected chi connectivity index (χ4v) is 2.65. The van der Waals surface area contributed by atoms with Crippen LogP contribution in [-0.2, 0) is 4.79 Å². The second-order valence-corrected chi connectivity index (χ2v) is 6.24. The van der Waals surface area contributed by atoms with Crippen LogP contribution >= 0.6 is 0 Å². The molecule has 2 aromatic rings. The first kappa shape index (κ1) is 16.6. The van der Waals surface area contributed by atoms with Gasteiger partial charge < -0.3 is 14.8 Å². The fourth-order valence-electron chi connectivity index (χ4n) is 2.65. The summed E-state index contributed by atoms with van der Waals surface area (Å²) in [4.78, 5) is 16.2. The van der Waals surface area contributed by atoms with Gasteiger partial charge in [-0.05, 0) is 50.8 Å². The van der Waals surface area contributed by atoms with E-state index in [1.165, 1.54) is 18.4 Å². The number of rotatable bonds is 4. The molecule has 0 radical (unpaired) electrons. The molecular weight excluding hydrogens is 318 g/mol. The molecule has 0 saturated heterocycles. The smallest absolute Gasteiger partial charge is 0.352 e. The molecule has 0 unspecified atom stereocenters. The number of carbonyl (C=O) groups is 1. The van der Waals surface area contributed by atoms with E-state index in [-0.39, 0.29) is 18.5 Å². The van der Waals surface area contributed by atoms with Crippen molar-refractivity contribution in [3.05, 3.63) is 35.7 Å². The first-order chi connectivity index (χ1) is 11.2. The SMILES string of the molecule is Cc1coc(-c2cc(NC(=O)C(F)(F)C3(O)CCC3)ccc2C)n1. The second kappa shape index (κ2) is 5.66. The lowest BCUT2D eigenvalue weighted by Gasteiger charge is -2.41. The lowest BCUT2D eigenvalue weighted by Crippen LogP contribution is -2.59. The molecule has 1 saturated carbocycles. The Labute approximate surface area is 137 Å². The Morgan fingerprint density at radius 3 is 2.62 bits per heavy atom. The molecule has 0 atom stereocenters. The zero-order chi connectivity index (χ0) is 17.5. The van der Waals surface area contributed by atoms with Gasteiger partial charge in [-0.2, -0.15) is 8.78 Å². The van der Waals surface area contributed by atoms with E-state index >= 15 is 0 Å². The van der Waals surface area contributed by atoms with Crippen LogP contribution in [0.25, 0.3) is 11.5 Å². The van der Waals surface area contributed by atoms with Crippen molar-refractivity contribution >= 4 is 11.6 Å². The fraction of sp³-hybridized carbons (Fsp3) is 0.412. The standard InChI is InChI=1S/C17H18F2N2O3/c1-10-4-5-12(8-13(10)14-20-11(2)9-24-14)21-15(22)17(18,19)16(23)6-3-7-16/h4-5,8-9,23H,3,6-7H2,1-2H3,(H,21,22). The van der Waals surface area contributed by atoms with E-state index in [1.54, 1.807) is 13.0 Å². The van der Waals surface area contributed by atoms with Crippen LogP contribution in [0.1, 0.15) is 30.5 Å². The van der Waals surface area contributed by atoms with Crippen LogP contribution in [0.5, 0.6) is 0 Å². The third kappa shape index (κ3) is 2.69. The van der Waals surface area contributed by atoms with E-state index in [0.29, 0.717) is 23.6 Å². The normalized spacial score (nSPS) is 16.5. The summed E-state index contributed by atoms with van der Waals surface area (Å²) in [5.41, 5.74) is 0.0760. The Balaban J connectivity index is 1.84. The molecule has 1 heterocycles. The van der Waals surface area contributed by atoms with E-state index in [4.69, 9.17) is 4.42 Å². The van der Waals surface area contributed by atoms with E-state index in [1.807, 2.05) is 6.92 Å². The molecule has 128 valence electrons. The van der Waals surface area contributed by atoms with Crippen LogP contribution in [0.2, 0.25) is 0 Å². The van der Waals surface area contributed by atoms with Gasteiger partial charge in [-0.25, -0.2) is 4.98 Å². The highest BCUT2D eigenvalue weighted by Gasteiger charge is 2.61. The summed E-state index contributed by atoms with van der Waals surface area (Å²) >= 11 is 0. The summed E-state index contributed by atoms with van der Waals surface area (Å²) in [5, 5.41) is 12.0. The highest BCUT2D eigenvalue weighted by atomic mass is 19.3. The minimum atomic E-state index is -3.84. The number of anilines is 1. The maximum Gasteiger partial charge on any atom is 0.352 e. The van der Waals surface area contributed by atoms with Gasteiger partial charge in [0.15, 0.2) is 0 Å². The average molecular weight is 336 g/mol. The Kier molecular flexibility index (Phi) is 3.91.